The minimum atomic E-state index is -1.17. The van der Waals surface area contributed by atoms with E-state index in [1.54, 1.807) is 10.5 Å². The molecule has 1 aliphatic carbocycles. The van der Waals surface area contributed by atoms with Crippen LogP contribution in [0.25, 0.3) is 21.7 Å². The fourth-order valence-corrected chi connectivity index (χ4v) is 6.63. The molecule has 2 aromatic heterocycles. The van der Waals surface area contributed by atoms with E-state index in [0.717, 1.165) is 30.4 Å². The number of carbonyl (C=O) groups is 2. The largest absolute Gasteiger partial charge is 0.513 e. The first-order valence-corrected chi connectivity index (χ1v) is 13.5. The Morgan fingerprint density at radius 3 is 2.78 bits per heavy atom. The number of morpholine rings is 1. The van der Waals surface area contributed by atoms with Crippen LogP contribution in [0.3, 0.4) is 0 Å². The SMILES string of the molecule is COC(=O)Oc1c2n(ccc1=O)N([C@@H]1c3ccccc3-c3scnc3-c3c1ccc(F)c3F)[C@@H]1COCCN1C2=O. The Hall–Kier alpha value is -4.62. The number of fused-ring (bicyclic) bond motifs is 7. The summed E-state index contributed by atoms with van der Waals surface area (Å²) in [4.78, 5) is 45.5. The summed E-state index contributed by atoms with van der Waals surface area (Å²) in [6.07, 6.45) is -0.495. The molecule has 2 aromatic carbocycles. The van der Waals surface area contributed by atoms with Crippen LogP contribution in [0.2, 0.25) is 0 Å². The minimum Gasteiger partial charge on any atom is -0.437 e. The highest BCUT2D eigenvalue weighted by atomic mass is 32.1. The van der Waals surface area contributed by atoms with Crippen molar-refractivity contribution in [2.45, 2.75) is 12.2 Å². The van der Waals surface area contributed by atoms with Crippen molar-refractivity contribution in [2.75, 3.05) is 31.9 Å². The second-order valence-corrected chi connectivity index (χ2v) is 10.4. The molecular formula is C28H20F2N4O6S. The Morgan fingerprint density at radius 1 is 1.12 bits per heavy atom. The van der Waals surface area contributed by atoms with E-state index in [1.165, 1.54) is 33.2 Å². The Morgan fingerprint density at radius 2 is 1.95 bits per heavy atom. The van der Waals surface area contributed by atoms with E-state index < -0.39 is 47.1 Å². The van der Waals surface area contributed by atoms with Crippen molar-refractivity contribution in [3.63, 3.8) is 0 Å². The summed E-state index contributed by atoms with van der Waals surface area (Å²) in [6, 6.07) is 10.3. The normalized spacial score (nSPS) is 18.9. The average molecular weight is 579 g/mol. The molecule has 4 heterocycles. The summed E-state index contributed by atoms with van der Waals surface area (Å²) in [7, 11) is 1.08. The van der Waals surface area contributed by atoms with Crippen LogP contribution in [0.1, 0.15) is 27.7 Å². The molecule has 0 bridgehead atoms. The van der Waals surface area contributed by atoms with Crippen molar-refractivity contribution in [1.82, 2.24) is 14.6 Å². The number of halogens is 2. The van der Waals surface area contributed by atoms with Crippen LogP contribution in [-0.4, -0.2) is 59.7 Å². The van der Waals surface area contributed by atoms with Gasteiger partial charge in [-0.05, 0) is 22.8 Å². The Bertz CT molecular complexity index is 1810. The number of thiazole rings is 1. The molecule has 13 heteroatoms. The zero-order chi connectivity index (χ0) is 28.4. The summed E-state index contributed by atoms with van der Waals surface area (Å²) in [5, 5.41) is 1.77. The van der Waals surface area contributed by atoms with Crippen molar-refractivity contribution >= 4 is 23.4 Å². The number of amides is 1. The number of carbonyl (C=O) groups excluding carboxylic acids is 2. The van der Waals surface area contributed by atoms with Crippen LogP contribution in [0.4, 0.5) is 13.6 Å². The molecule has 0 radical (unpaired) electrons. The lowest BCUT2D eigenvalue weighted by molar-refractivity contribution is -0.0197. The zero-order valence-electron chi connectivity index (χ0n) is 21.4. The molecule has 7 rings (SSSR count). The first-order chi connectivity index (χ1) is 19.9. The molecule has 2 aliphatic heterocycles. The molecule has 1 saturated heterocycles. The van der Waals surface area contributed by atoms with Gasteiger partial charge < -0.3 is 19.1 Å². The summed E-state index contributed by atoms with van der Waals surface area (Å²) in [5.41, 5.74) is 2.83. The van der Waals surface area contributed by atoms with E-state index in [-0.39, 0.29) is 31.0 Å². The average Bonchev–Trinajstić information content (AvgIpc) is 3.43. The standard InChI is InChI=1S/C28H20F2N4O6S/c1-38-28(37)40-25-18(35)8-9-33-24(25)27(36)32-10-11-39-12-19(32)34(33)23-14-4-2-3-5-15(14)26-22(31-13-41-26)20-16(23)6-7-17(29)21(20)30/h2-9,13,19,23H,10-12H2,1H3/t19-,23-/m1/s1. The lowest BCUT2D eigenvalue weighted by Crippen LogP contribution is -2.66. The number of hydrogen-bond donors (Lipinski definition) is 0. The molecule has 0 N–H and O–H groups in total. The third-order valence-corrected chi connectivity index (χ3v) is 8.36. The van der Waals surface area contributed by atoms with E-state index >= 15 is 4.39 Å². The molecule has 1 amide bonds. The second kappa shape index (κ2) is 9.49. The van der Waals surface area contributed by atoms with E-state index in [0.29, 0.717) is 16.1 Å². The lowest BCUT2D eigenvalue weighted by Gasteiger charge is -2.51. The first kappa shape index (κ1) is 25.4. The van der Waals surface area contributed by atoms with Crippen molar-refractivity contribution < 1.29 is 32.6 Å². The molecule has 2 atom stereocenters. The molecule has 0 unspecified atom stereocenters. The van der Waals surface area contributed by atoms with Gasteiger partial charge in [-0.1, -0.05) is 30.3 Å². The molecule has 3 aliphatic rings. The van der Waals surface area contributed by atoms with Crippen molar-refractivity contribution in [2.24, 2.45) is 0 Å². The molecule has 208 valence electrons. The minimum absolute atomic E-state index is 0.00347. The number of methoxy groups -OCH3 is 1. The maximum absolute atomic E-state index is 15.7. The van der Waals surface area contributed by atoms with Crippen LogP contribution < -0.4 is 15.2 Å². The fourth-order valence-electron chi connectivity index (χ4n) is 5.79. The van der Waals surface area contributed by atoms with Gasteiger partial charge in [-0.2, -0.15) is 0 Å². The molecular weight excluding hydrogens is 558 g/mol. The van der Waals surface area contributed by atoms with E-state index in [9.17, 15) is 18.8 Å². The number of nitrogens with zero attached hydrogens (tertiary/aromatic N) is 4. The van der Waals surface area contributed by atoms with Crippen LogP contribution in [0.5, 0.6) is 5.75 Å². The van der Waals surface area contributed by atoms with Gasteiger partial charge in [0.1, 0.15) is 6.17 Å². The van der Waals surface area contributed by atoms with Crippen LogP contribution >= 0.6 is 11.3 Å². The van der Waals surface area contributed by atoms with E-state index in [2.05, 4.69) is 9.72 Å². The number of pyridine rings is 1. The van der Waals surface area contributed by atoms with E-state index in [1.807, 2.05) is 24.3 Å². The number of ether oxygens (including phenoxy) is 3. The summed E-state index contributed by atoms with van der Waals surface area (Å²) in [6.45, 7) is 0.496. The van der Waals surface area contributed by atoms with Crippen molar-refractivity contribution in [1.29, 1.82) is 0 Å². The monoisotopic (exact) mass is 578 g/mol. The maximum atomic E-state index is 15.7. The van der Waals surface area contributed by atoms with Crippen LogP contribution in [0.15, 0.2) is 59.0 Å². The molecule has 10 nitrogen and oxygen atoms in total. The Kier molecular flexibility index (Phi) is 5.87. The van der Waals surface area contributed by atoms with Gasteiger partial charge in [-0.15, -0.1) is 11.3 Å². The summed E-state index contributed by atoms with van der Waals surface area (Å²) in [5.74, 6) is -3.14. The van der Waals surface area contributed by atoms with Gasteiger partial charge >= 0.3 is 6.16 Å². The fraction of sp³-hybridized carbons (Fsp3) is 0.214. The molecule has 4 aromatic rings. The highest BCUT2D eigenvalue weighted by molar-refractivity contribution is 7.13. The second-order valence-electron chi connectivity index (χ2n) is 9.54. The van der Waals surface area contributed by atoms with Gasteiger partial charge in [-0.25, -0.2) is 18.6 Å². The zero-order valence-corrected chi connectivity index (χ0v) is 22.2. The highest BCUT2D eigenvalue weighted by Gasteiger charge is 2.47. The van der Waals surface area contributed by atoms with Gasteiger partial charge in [-0.3, -0.25) is 19.3 Å². The first-order valence-electron chi connectivity index (χ1n) is 12.6. The molecule has 0 spiro atoms. The van der Waals surface area contributed by atoms with Gasteiger partial charge in [0.25, 0.3) is 5.91 Å². The topological polar surface area (TPSA) is 103 Å². The molecule has 0 saturated carbocycles. The van der Waals surface area contributed by atoms with Crippen molar-refractivity contribution in [3.05, 3.63) is 92.9 Å². The van der Waals surface area contributed by atoms with Gasteiger partial charge in [0, 0.05) is 24.4 Å². The van der Waals surface area contributed by atoms with Crippen LogP contribution in [-0.2, 0) is 9.47 Å². The number of rotatable bonds is 2. The maximum Gasteiger partial charge on any atom is 0.513 e. The lowest BCUT2D eigenvalue weighted by atomic mass is 9.92. The van der Waals surface area contributed by atoms with Gasteiger partial charge in [0.05, 0.1) is 42.4 Å². The number of hydrogen-bond acceptors (Lipinski definition) is 9. The van der Waals surface area contributed by atoms with Gasteiger partial charge in [0.15, 0.2) is 17.3 Å². The smallest absolute Gasteiger partial charge is 0.437 e. The Balaban J connectivity index is 1.56. The predicted molar refractivity (Wildman–Crippen MR) is 142 cm³/mol. The quantitative estimate of drug-likeness (QED) is 0.330. The predicted octanol–water partition coefficient (Wildman–Crippen LogP) is 3.92. The summed E-state index contributed by atoms with van der Waals surface area (Å²) >= 11 is 1.30. The van der Waals surface area contributed by atoms with Gasteiger partial charge in [0.2, 0.25) is 11.2 Å². The third kappa shape index (κ3) is 3.69. The third-order valence-electron chi connectivity index (χ3n) is 7.50. The summed E-state index contributed by atoms with van der Waals surface area (Å²) < 4.78 is 47.5. The molecule has 1 fully saturated rings. The van der Waals surface area contributed by atoms with Crippen LogP contribution in [0, 0.1) is 11.6 Å². The number of aromatic nitrogens is 2. The van der Waals surface area contributed by atoms with E-state index in [4.69, 9.17) is 9.47 Å². The van der Waals surface area contributed by atoms with Crippen molar-refractivity contribution in [3.8, 4) is 27.4 Å². The Labute approximate surface area is 234 Å². The highest BCUT2D eigenvalue weighted by Crippen LogP contribution is 2.50. The number of benzene rings is 2. The molecule has 41 heavy (non-hydrogen) atoms.